The van der Waals surface area contributed by atoms with Gasteiger partial charge in [0.2, 0.25) is 0 Å². The number of hydrogen-bond acceptors (Lipinski definition) is 1. The summed E-state index contributed by atoms with van der Waals surface area (Å²) in [4.78, 5) is 4.93. The van der Waals surface area contributed by atoms with Gasteiger partial charge in [-0.2, -0.15) is 0 Å². The van der Waals surface area contributed by atoms with Crippen molar-refractivity contribution in [1.29, 1.82) is 0 Å². The van der Waals surface area contributed by atoms with Crippen LogP contribution < -0.4 is 0 Å². The number of aromatic amines is 1. The van der Waals surface area contributed by atoms with Crippen molar-refractivity contribution < 1.29 is 0 Å². The molecule has 0 fully saturated rings. The molecule has 0 aliphatic heterocycles. The molecule has 0 saturated heterocycles. The Morgan fingerprint density at radius 1 is 0.408 bits per heavy atom. The third kappa shape index (κ3) is 5.86. The summed E-state index contributed by atoms with van der Waals surface area (Å²) in [6, 6.07) is 61.2. The molecule has 1 nitrogen and oxygen atoms in total. The lowest BCUT2D eigenvalue weighted by atomic mass is 9.77. The van der Waals surface area contributed by atoms with Crippen molar-refractivity contribution in [2.24, 2.45) is 0 Å². The van der Waals surface area contributed by atoms with Crippen molar-refractivity contribution in [2.45, 2.75) is 19.3 Å². The van der Waals surface area contributed by atoms with Crippen LogP contribution in [0.15, 0.2) is 181 Å². The third-order valence-corrected chi connectivity index (χ3v) is 10.8. The Hall–Kier alpha value is -5.70. The van der Waals surface area contributed by atoms with Crippen molar-refractivity contribution in [3.8, 4) is 66.2 Å². The zero-order valence-electron chi connectivity index (χ0n) is 27.7. The van der Waals surface area contributed by atoms with E-state index in [9.17, 15) is 0 Å². The van der Waals surface area contributed by atoms with Crippen LogP contribution in [0.3, 0.4) is 0 Å². The number of nitrogens with one attached hydrogen (secondary N) is 1. The first-order valence-electron chi connectivity index (χ1n) is 16.8. The Morgan fingerprint density at radius 2 is 0.837 bits per heavy atom. The fraction of sp³-hybridized carbons (Fsp3) is 0.0638. The maximum Gasteiger partial charge on any atom is 0.0540 e. The summed E-state index contributed by atoms with van der Waals surface area (Å²) in [7, 11) is 0. The molecule has 6 aromatic carbocycles. The van der Waals surface area contributed by atoms with Crippen LogP contribution in [-0.4, -0.2) is 4.98 Å². The molecular weight excluding hydrogens is 611 g/mol. The van der Waals surface area contributed by atoms with Crippen molar-refractivity contribution >= 4 is 11.3 Å². The second-order valence-electron chi connectivity index (χ2n) is 13.0. The van der Waals surface area contributed by atoms with Crippen LogP contribution in [0.4, 0.5) is 0 Å². The highest BCUT2D eigenvalue weighted by molar-refractivity contribution is 7.14. The largest absolute Gasteiger partial charge is 0.360 e. The highest BCUT2D eigenvalue weighted by atomic mass is 32.1. The van der Waals surface area contributed by atoms with Crippen LogP contribution in [-0.2, 0) is 5.41 Å². The summed E-state index contributed by atoms with van der Waals surface area (Å²) in [5.41, 5.74) is 15.9. The highest BCUT2D eigenvalue weighted by Gasteiger charge is 2.25. The summed E-state index contributed by atoms with van der Waals surface area (Å²) in [5, 5.41) is 2.31. The molecule has 0 atom stereocenters. The van der Waals surface area contributed by atoms with E-state index in [0.29, 0.717) is 0 Å². The van der Waals surface area contributed by atoms with Crippen LogP contribution in [0.2, 0.25) is 0 Å². The molecule has 8 rings (SSSR count). The quantitative estimate of drug-likeness (QED) is 0.169. The van der Waals surface area contributed by atoms with Gasteiger partial charge in [0.25, 0.3) is 0 Å². The van der Waals surface area contributed by atoms with E-state index in [1.807, 2.05) is 11.3 Å². The second-order valence-corrected chi connectivity index (χ2v) is 13.9. The van der Waals surface area contributed by atoms with Crippen LogP contribution in [0.5, 0.6) is 0 Å². The zero-order valence-corrected chi connectivity index (χ0v) is 28.5. The lowest BCUT2D eigenvalue weighted by Crippen LogP contribution is -2.18. The lowest BCUT2D eigenvalue weighted by Gasteiger charge is -2.26. The molecule has 1 N–H and O–H groups in total. The van der Waals surface area contributed by atoms with Gasteiger partial charge in [-0.3, -0.25) is 0 Å². The molecule has 0 unspecified atom stereocenters. The molecule has 236 valence electrons. The second kappa shape index (κ2) is 13.1. The van der Waals surface area contributed by atoms with Crippen LogP contribution >= 0.6 is 11.3 Å². The Morgan fingerprint density at radius 3 is 1.35 bits per heavy atom. The van der Waals surface area contributed by atoms with Gasteiger partial charge in [0.15, 0.2) is 0 Å². The van der Waals surface area contributed by atoms with Crippen molar-refractivity contribution in [3.05, 3.63) is 193 Å². The van der Waals surface area contributed by atoms with E-state index in [2.05, 4.69) is 200 Å². The molecule has 0 aliphatic carbocycles. The average molecular weight is 648 g/mol. The van der Waals surface area contributed by atoms with Gasteiger partial charge in [0.05, 0.1) is 5.69 Å². The number of hydrogen-bond donors (Lipinski definition) is 1. The van der Waals surface area contributed by atoms with Crippen molar-refractivity contribution in [3.63, 3.8) is 0 Å². The standard InChI is InChI=1S/C47H37NS/c1-47(2,39-27-23-37(24-28-39)45-43(35-19-11-5-12-20-35)41(31-48-45)33-15-7-3-8-16-33)40-29-25-38(26-30-40)46-44(36-21-13-6-14-22-36)42(32-49-46)34-17-9-4-10-18-34/h3-32,48H,1-2H3. The highest BCUT2D eigenvalue weighted by Crippen LogP contribution is 2.46. The van der Waals surface area contributed by atoms with Crippen LogP contribution in [0.25, 0.3) is 66.2 Å². The Bertz CT molecular complexity index is 2130. The van der Waals surface area contributed by atoms with Gasteiger partial charge in [0, 0.05) is 38.7 Å². The molecular formula is C47H37NS. The van der Waals surface area contributed by atoms with E-state index in [1.54, 1.807) is 0 Å². The number of thiophene rings is 1. The van der Waals surface area contributed by atoms with Gasteiger partial charge in [-0.15, -0.1) is 11.3 Å². The molecule has 49 heavy (non-hydrogen) atoms. The van der Waals surface area contributed by atoms with E-state index in [-0.39, 0.29) is 5.41 Å². The molecule has 0 amide bonds. The van der Waals surface area contributed by atoms with Crippen molar-refractivity contribution in [2.75, 3.05) is 0 Å². The molecule has 0 aliphatic rings. The van der Waals surface area contributed by atoms with E-state index in [4.69, 9.17) is 0 Å². The van der Waals surface area contributed by atoms with Gasteiger partial charge >= 0.3 is 0 Å². The minimum Gasteiger partial charge on any atom is -0.360 e. The maximum absolute atomic E-state index is 3.63. The normalized spacial score (nSPS) is 11.5. The SMILES string of the molecule is CC(C)(c1ccc(-c2[nH]cc(-c3ccccc3)c2-c2ccccc2)cc1)c1ccc(-c2scc(-c3ccccc3)c2-c2ccccc2)cc1. The van der Waals surface area contributed by atoms with Gasteiger partial charge in [-0.05, 0) is 49.9 Å². The number of H-pyrrole nitrogens is 1. The van der Waals surface area contributed by atoms with Crippen LogP contribution in [0.1, 0.15) is 25.0 Å². The van der Waals surface area contributed by atoms with Gasteiger partial charge < -0.3 is 4.98 Å². The maximum atomic E-state index is 3.63. The first-order chi connectivity index (χ1) is 24.1. The molecule has 0 radical (unpaired) electrons. The molecule has 2 heteroatoms. The summed E-state index contributed by atoms with van der Waals surface area (Å²) < 4.78 is 0. The topological polar surface area (TPSA) is 15.8 Å². The van der Waals surface area contributed by atoms with E-state index >= 15 is 0 Å². The summed E-state index contributed by atoms with van der Waals surface area (Å²) in [6.45, 7) is 4.64. The molecule has 0 saturated carbocycles. The molecule has 8 aromatic rings. The molecule has 0 bridgehead atoms. The summed E-state index contributed by atoms with van der Waals surface area (Å²) >= 11 is 1.82. The first-order valence-corrected chi connectivity index (χ1v) is 17.7. The van der Waals surface area contributed by atoms with Gasteiger partial charge in [-0.25, -0.2) is 0 Å². The lowest BCUT2D eigenvalue weighted by molar-refractivity contribution is 0.641. The smallest absolute Gasteiger partial charge is 0.0540 e. The average Bonchev–Trinajstić information content (AvgIpc) is 3.82. The monoisotopic (exact) mass is 647 g/mol. The van der Waals surface area contributed by atoms with Gasteiger partial charge in [-0.1, -0.05) is 184 Å². The Kier molecular flexibility index (Phi) is 8.17. The number of aromatic nitrogens is 1. The third-order valence-electron chi connectivity index (χ3n) is 9.73. The summed E-state index contributed by atoms with van der Waals surface area (Å²) in [6.07, 6.45) is 2.14. The molecule has 2 heterocycles. The predicted octanol–water partition coefficient (Wildman–Crippen LogP) is 13.4. The molecule has 2 aromatic heterocycles. The molecule has 0 spiro atoms. The van der Waals surface area contributed by atoms with Crippen molar-refractivity contribution in [1.82, 2.24) is 4.98 Å². The number of benzene rings is 6. The fourth-order valence-corrected chi connectivity index (χ4v) is 8.06. The Balaban J connectivity index is 1.12. The van der Waals surface area contributed by atoms with Gasteiger partial charge in [0.1, 0.15) is 0 Å². The minimum atomic E-state index is -0.169. The first kappa shape index (κ1) is 30.6. The van der Waals surface area contributed by atoms with E-state index < -0.39 is 0 Å². The fourth-order valence-electron chi connectivity index (χ4n) is 6.95. The van der Waals surface area contributed by atoms with E-state index in [0.717, 1.165) is 5.69 Å². The Labute approximate surface area is 293 Å². The zero-order chi connectivity index (χ0) is 33.2. The predicted molar refractivity (Wildman–Crippen MR) is 210 cm³/mol. The number of rotatable bonds is 8. The minimum absolute atomic E-state index is 0.169. The summed E-state index contributed by atoms with van der Waals surface area (Å²) in [5.74, 6) is 0. The van der Waals surface area contributed by atoms with Crippen LogP contribution in [0, 0.1) is 0 Å². The van der Waals surface area contributed by atoms with E-state index in [1.165, 1.54) is 71.6 Å².